The van der Waals surface area contributed by atoms with Crippen LogP contribution in [0.5, 0.6) is 0 Å². The molecule has 0 spiro atoms. The predicted octanol–water partition coefficient (Wildman–Crippen LogP) is -5.14. The van der Waals surface area contributed by atoms with Gasteiger partial charge in [-0.3, -0.25) is 0 Å². The molecule has 0 saturated carbocycles. The summed E-state index contributed by atoms with van der Waals surface area (Å²) < 4.78 is 36.7. The second-order valence-corrected chi connectivity index (χ2v) is 11.9. The van der Waals surface area contributed by atoms with Gasteiger partial charge < -0.3 is 0 Å². The van der Waals surface area contributed by atoms with E-state index in [-0.39, 0.29) is 10.6 Å². The molecule has 0 radical (unpaired) electrons. The molecule has 1 fully saturated rings. The van der Waals surface area contributed by atoms with Crippen LogP contribution in [0, 0.1) is 0 Å². The molecule has 1 rings (SSSR count). The van der Waals surface area contributed by atoms with E-state index in [1.54, 1.807) is 0 Å². The van der Waals surface area contributed by atoms with Crippen molar-refractivity contribution in [2.24, 2.45) is 0 Å². The molecule has 26 heavy (non-hydrogen) atoms. The van der Waals surface area contributed by atoms with Gasteiger partial charge in [-0.15, -0.1) is 0 Å². The fourth-order valence-electron chi connectivity index (χ4n) is 2.62. The number of aliphatic hydroxyl groups is 8. The van der Waals surface area contributed by atoms with Gasteiger partial charge in [0.15, 0.2) is 0 Å². The van der Waals surface area contributed by atoms with Crippen molar-refractivity contribution in [2.75, 3.05) is 13.2 Å². The van der Waals surface area contributed by atoms with Crippen molar-refractivity contribution in [1.29, 1.82) is 0 Å². The van der Waals surface area contributed by atoms with Gasteiger partial charge in [0.1, 0.15) is 0 Å². The van der Waals surface area contributed by atoms with E-state index < -0.39 is 85.1 Å². The Hall–Kier alpha value is 0.0695. The summed E-state index contributed by atoms with van der Waals surface area (Å²) in [7, 11) is -5.41. The zero-order valence-electron chi connectivity index (χ0n) is 13.5. The van der Waals surface area contributed by atoms with Gasteiger partial charge >= 0.3 is 154 Å². The predicted molar refractivity (Wildman–Crippen MR) is 83.9 cm³/mol. The van der Waals surface area contributed by atoms with Gasteiger partial charge in [0.05, 0.1) is 0 Å². The van der Waals surface area contributed by atoms with Crippen molar-refractivity contribution in [1.82, 2.24) is 0 Å². The first kappa shape index (κ1) is 24.1. The molecule has 9 atom stereocenters. The molecule has 1 aliphatic rings. The fourth-order valence-corrected chi connectivity index (χ4v) is 8.76. The zero-order chi connectivity index (χ0) is 20.2. The minimum absolute atomic E-state index is 0.0677. The molecule has 0 amide bonds. The molecule has 156 valence electrons. The molecule has 1 saturated heterocycles. The van der Waals surface area contributed by atoms with Crippen LogP contribution in [0.3, 0.4) is 0 Å². The van der Waals surface area contributed by atoms with Crippen LogP contribution in [0.2, 0.25) is 15.5 Å². The third kappa shape index (κ3) is 6.31. The van der Waals surface area contributed by atoms with E-state index in [2.05, 4.69) is 4.18 Å². The molecule has 8 N–H and O–H groups in total. The molecule has 0 bridgehead atoms. The van der Waals surface area contributed by atoms with Crippen molar-refractivity contribution in [3.63, 3.8) is 0 Å². The minimum atomic E-state index is -5.41. The summed E-state index contributed by atoms with van der Waals surface area (Å²) in [5.41, 5.74) is 0. The quantitative estimate of drug-likeness (QED) is 0.0850. The summed E-state index contributed by atoms with van der Waals surface area (Å²) in [6.45, 7) is -1.48. The van der Waals surface area contributed by atoms with Crippen LogP contribution in [0.15, 0.2) is 0 Å². The van der Waals surface area contributed by atoms with E-state index in [9.17, 15) is 48.7 Å². The van der Waals surface area contributed by atoms with Crippen molar-refractivity contribution in [2.45, 2.75) is 58.2 Å². The van der Waals surface area contributed by atoms with Gasteiger partial charge in [-0.2, -0.15) is 0 Å². The Bertz CT molecular complexity index is 532. The van der Waals surface area contributed by atoms with E-state index in [1.165, 1.54) is 0 Å². The van der Waals surface area contributed by atoms with Gasteiger partial charge in [0.2, 0.25) is 0 Å². The zero-order valence-corrected chi connectivity index (χ0v) is 16.0. The summed E-state index contributed by atoms with van der Waals surface area (Å²) in [6.07, 6.45) is -12.6. The molecule has 14 heteroatoms. The molecule has 0 aromatic rings. The Morgan fingerprint density at radius 1 is 1.08 bits per heavy atom. The Morgan fingerprint density at radius 2 is 1.65 bits per heavy atom. The molecular formula is C12H24O12SSe. The van der Waals surface area contributed by atoms with Crippen LogP contribution in [0.4, 0.5) is 0 Å². The number of hydrogen-bond acceptors (Lipinski definition) is 12. The van der Waals surface area contributed by atoms with Crippen LogP contribution >= 0.6 is 0 Å². The van der Waals surface area contributed by atoms with Crippen LogP contribution in [-0.2, 0) is 14.6 Å². The van der Waals surface area contributed by atoms with Crippen molar-refractivity contribution >= 4 is 24.3 Å². The topological polar surface area (TPSA) is 228 Å². The molecule has 1 aliphatic heterocycles. The van der Waals surface area contributed by atoms with E-state index in [1.807, 2.05) is 0 Å². The first-order valence-corrected chi connectivity index (χ1v) is 12.3. The Labute approximate surface area is 154 Å². The number of rotatable bonds is 10. The molecule has 0 aliphatic carbocycles. The van der Waals surface area contributed by atoms with Crippen molar-refractivity contribution in [3.8, 4) is 0 Å². The van der Waals surface area contributed by atoms with Gasteiger partial charge in [0, 0.05) is 0 Å². The van der Waals surface area contributed by atoms with Crippen molar-refractivity contribution in [3.05, 3.63) is 0 Å². The van der Waals surface area contributed by atoms with Gasteiger partial charge in [-0.25, -0.2) is 0 Å². The molecule has 12 nitrogen and oxygen atoms in total. The second kappa shape index (κ2) is 10.0. The first-order chi connectivity index (χ1) is 11.9. The molecule has 1 unspecified atom stereocenters. The maximum absolute atomic E-state index is 10.9. The third-order valence-electron chi connectivity index (χ3n) is 4.03. The van der Waals surface area contributed by atoms with Crippen LogP contribution in [-0.4, -0.2) is 124 Å². The summed E-state index contributed by atoms with van der Waals surface area (Å²) in [5.74, 6) is 0. The summed E-state index contributed by atoms with van der Waals surface area (Å²) in [4.78, 5) is -0.728. The van der Waals surface area contributed by atoms with E-state index in [0.717, 1.165) is 0 Å². The summed E-state index contributed by atoms with van der Waals surface area (Å²) in [6, 6.07) is 0. The van der Waals surface area contributed by atoms with Crippen LogP contribution in [0.25, 0.3) is 0 Å². The van der Waals surface area contributed by atoms with Gasteiger partial charge in [-0.1, -0.05) is 0 Å². The number of hydrogen-bond donors (Lipinski definition) is 8. The standard InChI is InChI=1S/C12H24O12SSe/c13-1-5(15)10(19)11(20)12(24-25(21,22)23)7(17)4-26-3-6(16)9(18)8(26)2-14/h5-20H,1-4H2/t5-,6+,7+,8+,9-,10+,11+,12+,26?/m0/s1. The van der Waals surface area contributed by atoms with Gasteiger partial charge in [0.25, 0.3) is 0 Å². The Morgan fingerprint density at radius 3 is 2.12 bits per heavy atom. The maximum atomic E-state index is 10.9. The summed E-state index contributed by atoms with van der Waals surface area (Å²) in [5, 5.41) is 76.6. The fraction of sp³-hybridized carbons (Fsp3) is 1.00. The second-order valence-electron chi connectivity index (χ2n) is 5.92. The van der Waals surface area contributed by atoms with Gasteiger partial charge in [-0.05, 0) is 0 Å². The molecular weight excluding hydrogens is 447 g/mol. The van der Waals surface area contributed by atoms with Crippen LogP contribution in [0.1, 0.15) is 0 Å². The van der Waals surface area contributed by atoms with Crippen molar-refractivity contribution < 1.29 is 58.0 Å². The van der Waals surface area contributed by atoms with Crippen LogP contribution < -0.4 is 0 Å². The SMILES string of the molecule is O=S(=O)([O-])O[C@@H]([C@H](O)[C@H](O)[C@@H](O)CO)[C@H](O)C[Se+]1C[C@@H](O)[C@H](O)[C@H]1CO. The third-order valence-corrected chi connectivity index (χ3v) is 10.4. The molecule has 0 aromatic carbocycles. The Kier molecular flexibility index (Phi) is 9.29. The van der Waals surface area contributed by atoms with E-state index in [0.29, 0.717) is 0 Å². The number of aliphatic hydroxyl groups excluding tert-OH is 8. The monoisotopic (exact) mass is 472 g/mol. The van der Waals surface area contributed by atoms with E-state index >= 15 is 0 Å². The Balaban J connectivity index is 2.95. The average molecular weight is 471 g/mol. The normalized spacial score (nSPS) is 32.8. The molecule has 1 heterocycles. The van der Waals surface area contributed by atoms with E-state index in [4.69, 9.17) is 5.11 Å². The summed E-state index contributed by atoms with van der Waals surface area (Å²) >= 11 is -2.12. The first-order valence-electron chi connectivity index (χ1n) is 7.53. The average Bonchev–Trinajstić information content (AvgIpc) is 2.82. The molecule has 0 aromatic heterocycles.